The number of carbonyl (C=O) groups excluding carboxylic acids is 2. The molecule has 3 aromatic rings. The first-order chi connectivity index (χ1) is 13.5. The minimum Gasteiger partial charge on any atom is -0.462 e. The molecule has 0 aliphatic carbocycles. The van der Waals surface area contributed by atoms with Gasteiger partial charge >= 0.3 is 5.97 Å². The van der Waals surface area contributed by atoms with Gasteiger partial charge in [-0.3, -0.25) is 4.79 Å². The third-order valence-electron chi connectivity index (χ3n) is 3.80. The zero-order valence-electron chi connectivity index (χ0n) is 15.1. The van der Waals surface area contributed by atoms with Gasteiger partial charge in [-0.1, -0.05) is 0 Å². The average Bonchev–Trinajstić information content (AvgIpc) is 2.71. The van der Waals surface area contributed by atoms with Gasteiger partial charge in [0, 0.05) is 17.6 Å². The minimum atomic E-state index is -0.409. The molecular formula is C21H18FN3O3. The van der Waals surface area contributed by atoms with E-state index in [1.165, 1.54) is 18.3 Å². The Morgan fingerprint density at radius 3 is 2.18 bits per heavy atom. The number of benzene rings is 2. The Bertz CT molecular complexity index is 956. The van der Waals surface area contributed by atoms with Crippen LogP contribution in [0.1, 0.15) is 27.6 Å². The van der Waals surface area contributed by atoms with Crippen molar-refractivity contribution in [3.63, 3.8) is 0 Å². The minimum absolute atomic E-state index is 0.302. The van der Waals surface area contributed by atoms with Gasteiger partial charge in [-0.15, -0.1) is 0 Å². The van der Waals surface area contributed by atoms with Crippen molar-refractivity contribution < 1.29 is 18.7 Å². The van der Waals surface area contributed by atoms with Crippen LogP contribution in [0.2, 0.25) is 0 Å². The molecule has 0 bridgehead atoms. The summed E-state index contributed by atoms with van der Waals surface area (Å²) >= 11 is 0. The second kappa shape index (κ2) is 8.77. The molecule has 1 aromatic heterocycles. The third kappa shape index (κ3) is 4.91. The van der Waals surface area contributed by atoms with E-state index in [1.54, 1.807) is 55.5 Å². The predicted octanol–water partition coefficient (Wildman–Crippen LogP) is 4.39. The Morgan fingerprint density at radius 2 is 1.57 bits per heavy atom. The van der Waals surface area contributed by atoms with Crippen LogP contribution in [-0.2, 0) is 4.74 Å². The largest absolute Gasteiger partial charge is 0.462 e. The number of nitrogens with one attached hydrogen (secondary N) is 2. The van der Waals surface area contributed by atoms with E-state index in [0.717, 1.165) is 0 Å². The van der Waals surface area contributed by atoms with Crippen LogP contribution < -0.4 is 10.6 Å². The van der Waals surface area contributed by atoms with Crippen molar-refractivity contribution in [3.8, 4) is 0 Å². The number of pyridine rings is 1. The fourth-order valence-corrected chi connectivity index (χ4v) is 2.39. The Morgan fingerprint density at radius 1 is 0.929 bits per heavy atom. The number of carbonyl (C=O) groups is 2. The highest BCUT2D eigenvalue weighted by molar-refractivity contribution is 6.04. The van der Waals surface area contributed by atoms with Gasteiger partial charge < -0.3 is 15.4 Å². The van der Waals surface area contributed by atoms with Crippen molar-refractivity contribution in [3.05, 3.63) is 83.8 Å². The van der Waals surface area contributed by atoms with Crippen LogP contribution in [0.15, 0.2) is 66.9 Å². The number of esters is 1. The first-order valence-electron chi connectivity index (χ1n) is 8.62. The lowest BCUT2D eigenvalue weighted by Crippen LogP contribution is -2.12. The summed E-state index contributed by atoms with van der Waals surface area (Å²) in [5.41, 5.74) is 2.02. The zero-order chi connectivity index (χ0) is 19.9. The molecule has 0 saturated heterocycles. The molecule has 0 unspecified atom stereocenters. The standard InChI is InChI=1S/C21H18FN3O3/c1-2-28-21(27)14-3-8-18(9-4-14)25-20(26)15-5-12-19(23-13-15)24-17-10-6-16(22)7-11-17/h3-13H,2H2,1H3,(H,23,24)(H,25,26). The normalized spacial score (nSPS) is 10.2. The van der Waals surface area contributed by atoms with Crippen molar-refractivity contribution in [1.29, 1.82) is 0 Å². The highest BCUT2D eigenvalue weighted by Gasteiger charge is 2.09. The molecule has 0 spiro atoms. The lowest BCUT2D eigenvalue weighted by atomic mass is 10.2. The monoisotopic (exact) mass is 379 g/mol. The van der Waals surface area contributed by atoms with E-state index < -0.39 is 5.97 Å². The fourth-order valence-electron chi connectivity index (χ4n) is 2.39. The van der Waals surface area contributed by atoms with Crippen LogP contribution in [0, 0.1) is 5.82 Å². The van der Waals surface area contributed by atoms with Crippen molar-refractivity contribution in [1.82, 2.24) is 4.98 Å². The maximum absolute atomic E-state index is 12.9. The maximum atomic E-state index is 12.9. The van der Waals surface area contributed by atoms with Gasteiger partial charge in [-0.2, -0.15) is 0 Å². The molecule has 7 heteroatoms. The Labute approximate surface area is 161 Å². The summed E-state index contributed by atoms with van der Waals surface area (Å²) in [5, 5.41) is 5.76. The first kappa shape index (κ1) is 19.0. The van der Waals surface area contributed by atoms with E-state index >= 15 is 0 Å². The van der Waals surface area contributed by atoms with Gasteiger partial charge in [0.1, 0.15) is 11.6 Å². The van der Waals surface area contributed by atoms with Gasteiger partial charge in [-0.25, -0.2) is 14.2 Å². The Hall–Kier alpha value is -3.74. The molecule has 6 nitrogen and oxygen atoms in total. The van der Waals surface area contributed by atoms with E-state index in [-0.39, 0.29) is 11.7 Å². The van der Waals surface area contributed by atoms with Crippen LogP contribution in [0.3, 0.4) is 0 Å². The number of anilines is 3. The lowest BCUT2D eigenvalue weighted by Gasteiger charge is -2.08. The topological polar surface area (TPSA) is 80.3 Å². The van der Waals surface area contributed by atoms with Gasteiger partial charge in [0.2, 0.25) is 0 Å². The van der Waals surface area contributed by atoms with Gasteiger partial charge in [0.15, 0.2) is 0 Å². The SMILES string of the molecule is CCOC(=O)c1ccc(NC(=O)c2ccc(Nc3ccc(F)cc3)nc2)cc1. The molecule has 142 valence electrons. The molecule has 0 fully saturated rings. The molecule has 1 amide bonds. The summed E-state index contributed by atoms with van der Waals surface area (Å²) < 4.78 is 17.9. The molecule has 3 rings (SSSR count). The summed E-state index contributed by atoms with van der Waals surface area (Å²) in [6.45, 7) is 2.04. The Kier molecular flexibility index (Phi) is 5.96. The smallest absolute Gasteiger partial charge is 0.338 e. The van der Waals surface area contributed by atoms with Gasteiger partial charge in [0.25, 0.3) is 5.91 Å². The van der Waals surface area contributed by atoms with Crippen molar-refractivity contribution in [2.45, 2.75) is 6.92 Å². The van der Waals surface area contributed by atoms with Crippen LogP contribution in [0.4, 0.5) is 21.6 Å². The van der Waals surface area contributed by atoms with Gasteiger partial charge in [0.05, 0.1) is 17.7 Å². The molecular weight excluding hydrogens is 361 g/mol. The molecule has 0 atom stereocenters. The number of aromatic nitrogens is 1. The molecule has 2 N–H and O–H groups in total. The van der Waals surface area contributed by atoms with E-state index in [4.69, 9.17) is 4.74 Å². The molecule has 0 radical (unpaired) electrons. The second-order valence-electron chi connectivity index (χ2n) is 5.82. The lowest BCUT2D eigenvalue weighted by molar-refractivity contribution is 0.0526. The van der Waals surface area contributed by atoms with Crippen LogP contribution in [0.25, 0.3) is 0 Å². The second-order valence-corrected chi connectivity index (χ2v) is 5.82. The molecule has 0 saturated carbocycles. The summed E-state index contributed by atoms with van der Waals surface area (Å²) in [7, 11) is 0. The highest BCUT2D eigenvalue weighted by Crippen LogP contribution is 2.16. The predicted molar refractivity (Wildman–Crippen MR) is 104 cm³/mol. The van der Waals surface area contributed by atoms with Crippen molar-refractivity contribution in [2.75, 3.05) is 17.2 Å². The number of hydrogen-bond donors (Lipinski definition) is 2. The van der Waals surface area contributed by atoms with Crippen LogP contribution in [-0.4, -0.2) is 23.5 Å². The summed E-state index contributed by atoms with van der Waals surface area (Å²) in [6, 6.07) is 15.6. The van der Waals surface area contributed by atoms with Gasteiger partial charge in [-0.05, 0) is 67.6 Å². The summed E-state index contributed by atoms with van der Waals surface area (Å²) in [4.78, 5) is 28.2. The Balaban J connectivity index is 1.61. The van der Waals surface area contributed by atoms with E-state index in [9.17, 15) is 14.0 Å². The molecule has 0 aliphatic heterocycles. The molecule has 0 aliphatic rings. The van der Waals surface area contributed by atoms with Crippen LogP contribution >= 0.6 is 0 Å². The fraction of sp³-hybridized carbons (Fsp3) is 0.0952. The summed E-state index contributed by atoms with van der Waals surface area (Å²) in [5.74, 6) is -0.527. The number of amides is 1. The van der Waals surface area contributed by atoms with E-state index in [0.29, 0.717) is 34.9 Å². The number of nitrogens with zero attached hydrogens (tertiary/aromatic N) is 1. The van der Waals surface area contributed by atoms with Crippen LogP contribution in [0.5, 0.6) is 0 Å². The van der Waals surface area contributed by atoms with E-state index in [2.05, 4.69) is 15.6 Å². The summed E-state index contributed by atoms with van der Waals surface area (Å²) in [6.07, 6.45) is 1.44. The number of rotatable bonds is 6. The van der Waals surface area contributed by atoms with Crippen molar-refractivity contribution >= 4 is 29.1 Å². The molecule has 1 heterocycles. The third-order valence-corrected chi connectivity index (χ3v) is 3.80. The average molecular weight is 379 g/mol. The molecule has 2 aromatic carbocycles. The number of hydrogen-bond acceptors (Lipinski definition) is 5. The zero-order valence-corrected chi connectivity index (χ0v) is 15.1. The molecule has 28 heavy (non-hydrogen) atoms. The maximum Gasteiger partial charge on any atom is 0.338 e. The number of ether oxygens (including phenoxy) is 1. The first-order valence-corrected chi connectivity index (χ1v) is 8.62. The number of halogens is 1. The van der Waals surface area contributed by atoms with E-state index in [1.807, 2.05) is 0 Å². The highest BCUT2D eigenvalue weighted by atomic mass is 19.1. The van der Waals surface area contributed by atoms with Crippen molar-refractivity contribution in [2.24, 2.45) is 0 Å². The quantitative estimate of drug-likeness (QED) is 0.621.